The Bertz CT molecular complexity index is 617. The van der Waals surface area contributed by atoms with E-state index in [0.29, 0.717) is 12.1 Å². The molecule has 0 bridgehead atoms. The third kappa shape index (κ3) is 3.28. The highest BCUT2D eigenvalue weighted by atomic mass is 16.2. The first-order valence-corrected chi connectivity index (χ1v) is 8.22. The summed E-state index contributed by atoms with van der Waals surface area (Å²) in [4.78, 5) is 29.7. The van der Waals surface area contributed by atoms with Gasteiger partial charge in [0.15, 0.2) is 0 Å². The Labute approximate surface area is 137 Å². The van der Waals surface area contributed by atoms with Crippen LogP contribution in [0.5, 0.6) is 0 Å². The monoisotopic (exact) mass is 315 g/mol. The number of carbonyl (C=O) groups excluding carboxylic acids is 2. The predicted molar refractivity (Wildman–Crippen MR) is 91.4 cm³/mol. The van der Waals surface area contributed by atoms with Gasteiger partial charge >= 0.3 is 0 Å². The second kappa shape index (κ2) is 6.94. The summed E-state index contributed by atoms with van der Waals surface area (Å²) in [5.41, 5.74) is 0.757. The molecule has 1 aliphatic rings. The summed E-state index contributed by atoms with van der Waals surface area (Å²) in [6, 6.07) is 7.59. The lowest BCUT2D eigenvalue weighted by molar-refractivity contribution is -0.147. The van der Waals surface area contributed by atoms with Crippen LogP contribution in [0, 0.1) is 18.3 Å². The third-order valence-electron chi connectivity index (χ3n) is 4.64. The zero-order valence-electron chi connectivity index (χ0n) is 14.3. The van der Waals surface area contributed by atoms with E-state index in [-0.39, 0.29) is 23.7 Å². The van der Waals surface area contributed by atoms with Crippen LogP contribution in [0.25, 0.3) is 0 Å². The number of aryl methyl sites for hydroxylation is 1. The molecule has 1 fully saturated rings. The summed E-state index contributed by atoms with van der Waals surface area (Å²) in [6.07, 6.45) is 2.25. The van der Waals surface area contributed by atoms with Crippen LogP contribution in [0.4, 0.5) is 5.69 Å². The topological polar surface area (TPSA) is 70.6 Å². The molecule has 0 unspecified atom stereocenters. The highest BCUT2D eigenvalue weighted by molar-refractivity contribution is 6.20. The molecule has 124 valence electrons. The van der Waals surface area contributed by atoms with Crippen molar-refractivity contribution in [2.45, 2.75) is 47.0 Å². The molecule has 2 N–H and O–H groups in total. The fourth-order valence-electron chi connectivity index (χ4n) is 3.25. The van der Waals surface area contributed by atoms with Crippen molar-refractivity contribution < 1.29 is 9.59 Å². The zero-order valence-corrected chi connectivity index (χ0v) is 14.3. The fraction of sp³-hybridized carbons (Fsp3) is 0.500. The van der Waals surface area contributed by atoms with E-state index in [0.717, 1.165) is 18.4 Å². The summed E-state index contributed by atoms with van der Waals surface area (Å²) in [6.45, 7) is 7.88. The van der Waals surface area contributed by atoms with Crippen molar-refractivity contribution in [1.82, 2.24) is 10.6 Å². The molecule has 2 rings (SSSR count). The van der Waals surface area contributed by atoms with Gasteiger partial charge in [-0.3, -0.25) is 20.2 Å². The van der Waals surface area contributed by atoms with E-state index in [9.17, 15) is 9.59 Å². The molecule has 5 heteroatoms. The Morgan fingerprint density at radius 1 is 1.17 bits per heavy atom. The van der Waals surface area contributed by atoms with Gasteiger partial charge in [-0.05, 0) is 43.4 Å². The van der Waals surface area contributed by atoms with E-state index < -0.39 is 5.41 Å². The van der Waals surface area contributed by atoms with Crippen LogP contribution in [-0.4, -0.2) is 17.8 Å². The molecule has 1 saturated heterocycles. The molecule has 1 heterocycles. The van der Waals surface area contributed by atoms with E-state index >= 15 is 0 Å². The molecule has 1 aromatic rings. The maximum Gasteiger partial charge on any atom is 0.242 e. The lowest BCUT2D eigenvalue weighted by atomic mass is 9.70. The van der Waals surface area contributed by atoms with E-state index in [4.69, 9.17) is 0 Å². The summed E-state index contributed by atoms with van der Waals surface area (Å²) in [5.74, 6) is -0.316. The maximum atomic E-state index is 12.7. The van der Waals surface area contributed by atoms with Gasteiger partial charge in [0.2, 0.25) is 17.8 Å². The molecule has 0 aromatic heterocycles. The van der Waals surface area contributed by atoms with Gasteiger partial charge in [-0.2, -0.15) is 0 Å². The number of aliphatic imine (C=N–C) groups is 1. The third-order valence-corrected chi connectivity index (χ3v) is 4.64. The Hall–Kier alpha value is -2.17. The minimum atomic E-state index is -1.01. The normalized spacial score (nSPS) is 22.3. The molecule has 0 radical (unpaired) electrons. The van der Waals surface area contributed by atoms with Crippen LogP contribution < -0.4 is 10.6 Å². The van der Waals surface area contributed by atoms with Crippen molar-refractivity contribution >= 4 is 23.5 Å². The number of hydrogen-bond donors (Lipinski definition) is 2. The largest absolute Gasteiger partial charge is 0.295 e. The molecular weight excluding hydrogens is 290 g/mol. The zero-order chi connectivity index (χ0) is 17.0. The van der Waals surface area contributed by atoms with E-state index in [2.05, 4.69) is 22.5 Å². The van der Waals surface area contributed by atoms with Gasteiger partial charge in [0.1, 0.15) is 5.41 Å². The lowest BCUT2D eigenvalue weighted by Crippen LogP contribution is -2.64. The van der Waals surface area contributed by atoms with Gasteiger partial charge in [0.05, 0.1) is 5.69 Å². The first kappa shape index (κ1) is 17.2. The van der Waals surface area contributed by atoms with E-state index in [1.807, 2.05) is 45.0 Å². The molecule has 0 spiro atoms. The number of nitrogens with zero attached hydrogens (tertiary/aromatic N) is 1. The second-order valence-electron chi connectivity index (χ2n) is 6.22. The molecule has 5 nitrogen and oxygen atoms in total. The summed E-state index contributed by atoms with van der Waals surface area (Å²) in [7, 11) is 0. The average molecular weight is 315 g/mol. The molecule has 23 heavy (non-hydrogen) atoms. The predicted octanol–water partition coefficient (Wildman–Crippen LogP) is 3.06. The van der Waals surface area contributed by atoms with Crippen LogP contribution >= 0.6 is 0 Å². The quantitative estimate of drug-likeness (QED) is 0.820. The van der Waals surface area contributed by atoms with Crippen LogP contribution in [0.1, 0.15) is 45.6 Å². The van der Waals surface area contributed by atoms with Crippen molar-refractivity contribution in [2.24, 2.45) is 16.3 Å². The Balaban J connectivity index is 2.28. The summed E-state index contributed by atoms with van der Waals surface area (Å²) >= 11 is 0. The van der Waals surface area contributed by atoms with E-state index in [1.54, 1.807) is 0 Å². The smallest absolute Gasteiger partial charge is 0.242 e. The van der Waals surface area contributed by atoms with Crippen LogP contribution in [-0.2, 0) is 9.59 Å². The van der Waals surface area contributed by atoms with Crippen molar-refractivity contribution in [3.8, 4) is 0 Å². The van der Waals surface area contributed by atoms with Crippen molar-refractivity contribution in [3.63, 3.8) is 0 Å². The lowest BCUT2D eigenvalue weighted by Gasteiger charge is -2.38. The van der Waals surface area contributed by atoms with Gasteiger partial charge in [0.25, 0.3) is 0 Å². The van der Waals surface area contributed by atoms with E-state index in [1.165, 1.54) is 0 Å². The van der Waals surface area contributed by atoms with Gasteiger partial charge in [-0.25, -0.2) is 4.99 Å². The van der Waals surface area contributed by atoms with Crippen molar-refractivity contribution in [3.05, 3.63) is 29.8 Å². The SMILES string of the molecule is CCC[C@@H](C)C1(CC)C(=O)NC(=Nc2cccc(C)c2)NC1=O. The van der Waals surface area contributed by atoms with Crippen molar-refractivity contribution in [1.29, 1.82) is 0 Å². The number of nitrogens with one attached hydrogen (secondary N) is 2. The highest BCUT2D eigenvalue weighted by Gasteiger charge is 2.51. The Morgan fingerprint density at radius 3 is 2.35 bits per heavy atom. The summed E-state index contributed by atoms with van der Waals surface area (Å²) < 4.78 is 0. The Kier molecular flexibility index (Phi) is 5.19. The minimum absolute atomic E-state index is 0.0157. The average Bonchev–Trinajstić information content (AvgIpc) is 2.48. The second-order valence-corrected chi connectivity index (χ2v) is 6.22. The molecule has 0 saturated carbocycles. The van der Waals surface area contributed by atoms with Crippen molar-refractivity contribution in [2.75, 3.05) is 0 Å². The van der Waals surface area contributed by atoms with Gasteiger partial charge in [0, 0.05) is 0 Å². The van der Waals surface area contributed by atoms with Crippen LogP contribution in [0.3, 0.4) is 0 Å². The first-order chi connectivity index (χ1) is 10.9. The molecule has 1 aliphatic heterocycles. The molecule has 1 atom stereocenters. The number of hydrogen-bond acceptors (Lipinski definition) is 3. The maximum absolute atomic E-state index is 12.7. The fourth-order valence-corrected chi connectivity index (χ4v) is 3.25. The Morgan fingerprint density at radius 2 is 1.83 bits per heavy atom. The highest BCUT2D eigenvalue weighted by Crippen LogP contribution is 2.36. The number of amides is 2. The van der Waals surface area contributed by atoms with Gasteiger partial charge < -0.3 is 0 Å². The number of rotatable bonds is 5. The number of carbonyl (C=O) groups is 2. The molecule has 1 aromatic carbocycles. The number of benzene rings is 1. The standard InChI is InChI=1S/C18H25N3O2/c1-5-8-13(4)18(6-2)15(22)20-17(21-16(18)23)19-14-10-7-9-12(3)11-14/h7,9-11,13H,5-6,8H2,1-4H3,(H2,19,20,21,22,23)/t13-/m1/s1. The minimum Gasteiger partial charge on any atom is -0.295 e. The summed E-state index contributed by atoms with van der Waals surface area (Å²) in [5, 5.41) is 5.55. The van der Waals surface area contributed by atoms with Crippen LogP contribution in [0.2, 0.25) is 0 Å². The molecule has 0 aliphatic carbocycles. The molecule has 2 amide bonds. The molecular formula is C18H25N3O2. The number of guanidine groups is 1. The van der Waals surface area contributed by atoms with Gasteiger partial charge in [-0.15, -0.1) is 0 Å². The first-order valence-electron chi connectivity index (χ1n) is 8.22. The van der Waals surface area contributed by atoms with Crippen LogP contribution in [0.15, 0.2) is 29.3 Å². The van der Waals surface area contributed by atoms with Gasteiger partial charge in [-0.1, -0.05) is 39.3 Å².